The molecule has 7 unspecified atom stereocenters. The zero-order chi connectivity index (χ0) is 68.5. The summed E-state index contributed by atoms with van der Waals surface area (Å²) in [6.45, 7) is 3.69. The Morgan fingerprint density at radius 1 is 0.368 bits per heavy atom. The van der Waals surface area contributed by atoms with Crippen LogP contribution in [0, 0.1) is 0 Å². The van der Waals surface area contributed by atoms with E-state index in [-0.39, 0.29) is 12.5 Å². The molecule has 1 aliphatic rings. The van der Waals surface area contributed by atoms with E-state index in [4.69, 9.17) is 9.47 Å². The van der Waals surface area contributed by atoms with Crippen LogP contribution in [0.4, 0.5) is 0 Å². The first-order chi connectivity index (χ1) is 46.8. The van der Waals surface area contributed by atoms with Crippen molar-refractivity contribution in [2.24, 2.45) is 0 Å². The van der Waals surface area contributed by atoms with Crippen LogP contribution in [-0.2, 0) is 14.3 Å². The molecule has 0 aromatic rings. The Bertz CT molecular complexity index is 2020. The van der Waals surface area contributed by atoms with E-state index in [0.29, 0.717) is 6.42 Å². The topological polar surface area (TPSA) is 149 Å². The second-order valence-corrected chi connectivity index (χ2v) is 26.8. The number of unbranched alkanes of at least 4 members (excludes halogenated alkanes) is 36. The van der Waals surface area contributed by atoms with Gasteiger partial charge < -0.3 is 40.3 Å². The maximum atomic E-state index is 13.2. The normalized spacial score (nSPS) is 18.3. The third-order valence-corrected chi connectivity index (χ3v) is 17.9. The molecule has 95 heavy (non-hydrogen) atoms. The van der Waals surface area contributed by atoms with Gasteiger partial charge in [0.15, 0.2) is 6.29 Å². The SMILES string of the molecule is CC/C=C\C/C=C\C/C=C\C/C=C\C/C=C\C/C=C\C/C=C\C/C=C\C/C=C\C/C=C\C/C=C\CCCCCCCCCC(=O)NC(COC1OC(CO)C(O)C(O)C1O)C(O)/C=C/CCCCCCCCCCCCCCCCCCCCCCCCCCCCCCC. The molecule has 544 valence electrons. The van der Waals surface area contributed by atoms with Crippen molar-refractivity contribution in [3.63, 3.8) is 0 Å². The van der Waals surface area contributed by atoms with Gasteiger partial charge in [-0.1, -0.05) is 372 Å². The predicted molar refractivity (Wildman–Crippen MR) is 410 cm³/mol. The van der Waals surface area contributed by atoms with E-state index in [1.165, 1.54) is 193 Å². The van der Waals surface area contributed by atoms with Gasteiger partial charge >= 0.3 is 0 Å². The Morgan fingerprint density at radius 2 is 0.653 bits per heavy atom. The molecule has 6 N–H and O–H groups in total. The van der Waals surface area contributed by atoms with Crippen molar-refractivity contribution >= 4 is 5.91 Å². The highest BCUT2D eigenvalue weighted by Crippen LogP contribution is 2.23. The number of amides is 1. The largest absolute Gasteiger partial charge is 0.394 e. The highest BCUT2D eigenvalue weighted by Gasteiger charge is 2.44. The fraction of sp³-hybridized carbons (Fsp3) is 0.709. The molecule has 9 heteroatoms. The molecule has 0 spiro atoms. The van der Waals surface area contributed by atoms with Gasteiger partial charge in [0.25, 0.3) is 0 Å². The van der Waals surface area contributed by atoms with E-state index < -0.39 is 49.5 Å². The number of nitrogens with one attached hydrogen (secondary N) is 1. The van der Waals surface area contributed by atoms with E-state index in [1.54, 1.807) is 6.08 Å². The van der Waals surface area contributed by atoms with Crippen molar-refractivity contribution in [2.75, 3.05) is 13.2 Å². The van der Waals surface area contributed by atoms with E-state index in [9.17, 15) is 30.3 Å². The molecule has 1 heterocycles. The van der Waals surface area contributed by atoms with E-state index in [0.717, 1.165) is 122 Å². The molecule has 1 rings (SSSR count). The van der Waals surface area contributed by atoms with Crippen LogP contribution < -0.4 is 5.32 Å². The second-order valence-electron chi connectivity index (χ2n) is 26.8. The first-order valence-electron chi connectivity index (χ1n) is 39.6. The predicted octanol–water partition coefficient (Wildman–Crippen LogP) is 22.9. The smallest absolute Gasteiger partial charge is 0.220 e. The Hall–Kier alpha value is -3.93. The molecule has 1 fully saturated rings. The quantitative estimate of drug-likeness (QED) is 0.0261. The number of rotatable bonds is 68. The number of aliphatic hydroxyl groups excluding tert-OH is 5. The molecule has 0 aliphatic carbocycles. The van der Waals surface area contributed by atoms with Gasteiger partial charge in [-0.2, -0.15) is 0 Å². The molecule has 1 saturated heterocycles. The number of carbonyl (C=O) groups excluding carboxylic acids is 1. The fourth-order valence-corrected chi connectivity index (χ4v) is 11.8. The number of ether oxygens (including phenoxy) is 2. The number of aliphatic hydroxyl groups is 5. The van der Waals surface area contributed by atoms with Gasteiger partial charge in [-0.05, 0) is 103 Å². The molecule has 0 bridgehead atoms. The molecule has 7 atom stereocenters. The molecule has 0 aromatic heterocycles. The molecule has 0 saturated carbocycles. The number of carbonyl (C=O) groups is 1. The molecular weight excluding hydrogens is 1170 g/mol. The zero-order valence-corrected chi connectivity index (χ0v) is 61.1. The standard InChI is InChI=1S/C86H147NO8/c1-3-5-7-9-11-13-15-17-19-21-23-25-27-29-31-33-35-36-37-38-39-40-41-42-43-44-46-48-50-52-54-56-58-60-62-64-66-68-70-72-74-76-82(90)87-79(78-94-86-85(93)84(92)83(91)81(77-88)95-86)80(89)75-73-71-69-67-65-63-61-59-57-55-53-51-49-47-45-34-32-30-28-26-24-22-20-18-16-14-12-10-8-6-4-2/h5,7,11,13,17,19,23,25,29,31,35-36,38-39,41-42,44,46,50,52,56,58,73,75,79-81,83-86,88-89,91-93H,3-4,6,8-10,12,14-16,18,20-22,24,26-28,30,32-34,37,40,43,45,47-49,51,53-55,57,59-72,74,76-78H2,1-2H3,(H,87,90)/b7-5-,13-11-,19-17-,25-23-,31-29-,36-35-,39-38-,42-41-,46-44-,52-50-,58-56-,75-73+. The zero-order valence-electron chi connectivity index (χ0n) is 61.1. The average Bonchev–Trinajstić information content (AvgIpc) is 0.836. The molecule has 1 amide bonds. The minimum absolute atomic E-state index is 0.190. The summed E-state index contributed by atoms with van der Waals surface area (Å²) in [6, 6.07) is -0.824. The van der Waals surface area contributed by atoms with Crippen molar-refractivity contribution in [3.8, 4) is 0 Å². The second kappa shape index (κ2) is 72.8. The third kappa shape index (κ3) is 60.9. The maximum Gasteiger partial charge on any atom is 0.220 e. The van der Waals surface area contributed by atoms with Crippen molar-refractivity contribution in [2.45, 2.75) is 378 Å². The van der Waals surface area contributed by atoms with Gasteiger partial charge in [0.1, 0.15) is 24.4 Å². The van der Waals surface area contributed by atoms with Crippen LogP contribution in [0.1, 0.15) is 335 Å². The molecular formula is C86H147NO8. The van der Waals surface area contributed by atoms with Crippen LogP contribution in [0.15, 0.2) is 146 Å². The summed E-state index contributed by atoms with van der Waals surface area (Å²) in [5.41, 5.74) is 0. The van der Waals surface area contributed by atoms with Crippen LogP contribution >= 0.6 is 0 Å². The minimum Gasteiger partial charge on any atom is -0.394 e. The van der Waals surface area contributed by atoms with E-state index in [2.05, 4.69) is 153 Å². The van der Waals surface area contributed by atoms with Crippen LogP contribution in [0.3, 0.4) is 0 Å². The summed E-state index contributed by atoms with van der Waals surface area (Å²) >= 11 is 0. The summed E-state index contributed by atoms with van der Waals surface area (Å²) < 4.78 is 11.3. The van der Waals surface area contributed by atoms with Gasteiger partial charge in [0.2, 0.25) is 5.91 Å². The van der Waals surface area contributed by atoms with E-state index in [1.807, 2.05) is 6.08 Å². The van der Waals surface area contributed by atoms with Gasteiger partial charge in [-0.3, -0.25) is 4.79 Å². The maximum absolute atomic E-state index is 13.2. The highest BCUT2D eigenvalue weighted by atomic mass is 16.7. The van der Waals surface area contributed by atoms with Crippen molar-refractivity contribution in [3.05, 3.63) is 146 Å². The van der Waals surface area contributed by atoms with Crippen LogP contribution in [0.2, 0.25) is 0 Å². The molecule has 1 aliphatic heterocycles. The number of hydrogen-bond donors (Lipinski definition) is 6. The Labute approximate surface area is 584 Å². The van der Waals surface area contributed by atoms with Crippen molar-refractivity contribution in [1.82, 2.24) is 5.32 Å². The molecule has 0 radical (unpaired) electrons. The lowest BCUT2D eigenvalue weighted by Gasteiger charge is -2.40. The first kappa shape index (κ1) is 89.1. The van der Waals surface area contributed by atoms with Crippen LogP contribution in [-0.4, -0.2) is 87.5 Å². The molecule has 9 nitrogen and oxygen atoms in total. The van der Waals surface area contributed by atoms with Crippen LogP contribution in [0.25, 0.3) is 0 Å². The summed E-state index contributed by atoms with van der Waals surface area (Å²) in [4.78, 5) is 13.2. The summed E-state index contributed by atoms with van der Waals surface area (Å²) in [5, 5.41) is 54.9. The van der Waals surface area contributed by atoms with Gasteiger partial charge in [-0.15, -0.1) is 0 Å². The molecule has 0 aromatic carbocycles. The summed E-state index contributed by atoms with van der Waals surface area (Å²) in [7, 11) is 0. The Balaban J connectivity index is 2.14. The lowest BCUT2D eigenvalue weighted by molar-refractivity contribution is -0.302. The minimum atomic E-state index is -1.58. The number of hydrogen-bond acceptors (Lipinski definition) is 8. The summed E-state index contributed by atoms with van der Waals surface area (Å²) in [5.74, 6) is -0.190. The van der Waals surface area contributed by atoms with Gasteiger partial charge in [0.05, 0.1) is 25.4 Å². The lowest BCUT2D eigenvalue weighted by Crippen LogP contribution is -2.60. The van der Waals surface area contributed by atoms with Gasteiger partial charge in [-0.25, -0.2) is 0 Å². The fourth-order valence-electron chi connectivity index (χ4n) is 11.8. The average molecular weight is 1320 g/mol. The highest BCUT2D eigenvalue weighted by molar-refractivity contribution is 5.76. The lowest BCUT2D eigenvalue weighted by atomic mass is 9.99. The summed E-state index contributed by atoms with van der Waals surface area (Å²) in [6.07, 6.45) is 105. The van der Waals surface area contributed by atoms with E-state index >= 15 is 0 Å². The Kier molecular flexibility index (Phi) is 68.3. The van der Waals surface area contributed by atoms with Crippen molar-refractivity contribution < 1.29 is 39.8 Å². The number of allylic oxidation sites excluding steroid dienone is 23. The van der Waals surface area contributed by atoms with Crippen molar-refractivity contribution in [1.29, 1.82) is 0 Å². The third-order valence-electron chi connectivity index (χ3n) is 17.9. The first-order valence-corrected chi connectivity index (χ1v) is 39.6. The van der Waals surface area contributed by atoms with Gasteiger partial charge in [0, 0.05) is 6.42 Å². The van der Waals surface area contributed by atoms with Crippen LogP contribution in [0.5, 0.6) is 0 Å². The Morgan fingerprint density at radius 3 is 0.968 bits per heavy atom. The monoisotopic (exact) mass is 1320 g/mol.